The van der Waals surface area contributed by atoms with Gasteiger partial charge >= 0.3 is 0 Å². The molecule has 0 aliphatic heterocycles. The Morgan fingerprint density at radius 1 is 0.221 bits per heavy atom. The van der Waals surface area contributed by atoms with Gasteiger partial charge in [0.25, 0.3) is 0 Å². The van der Waals surface area contributed by atoms with E-state index in [1.165, 1.54) is 99.3 Å². The zero-order chi connectivity index (χ0) is 80.6. The van der Waals surface area contributed by atoms with Crippen molar-refractivity contribution < 1.29 is 0 Å². The van der Waals surface area contributed by atoms with E-state index >= 15 is 0 Å². The van der Waals surface area contributed by atoms with Crippen LogP contribution in [0.4, 0.5) is 0 Å². The minimum absolute atomic E-state index is 0.386. The largest absolute Gasteiger partial charge is 0.309 e. The molecule has 6 nitrogen and oxygen atoms in total. The highest BCUT2D eigenvalue weighted by Gasteiger charge is 2.47. The van der Waals surface area contributed by atoms with Gasteiger partial charge < -0.3 is 9.13 Å². The molecule has 18 aromatic carbocycles. The maximum Gasteiger partial charge on any atom is 0.160 e. The molecule has 0 spiro atoms. The standard InChI is InChI=1S/C116H76N6/c1-115(100-49-25-21-44-90(100)99-68-79(60-67-101(99)115)104-71-105(118-113(117-104)75-30-7-2-8-31-75)91-65-63-84(86-40-17-19-42-88(86)91)77-58-61-95-93-45-23-27-52-108(93)121(110(95)69-77)82-36-13-5-14-37-82)73-74-54-56-76(57-55-74)114-119-106(72-107(120-114)98-48-29-51-103-112(98)97-47-22-26-50-102(97)116(103,80-32-9-3-10-33-80)81-34-11-4-12-35-81)92-66-64-85(87-41-18-20-43-89(87)92)78-59-62-96-94-46-24-28-53-109(94)122(111(96)70-78)83-38-15-6-16-39-83/h2-72H,73H2,1H3. The summed E-state index contributed by atoms with van der Waals surface area (Å²) in [4.78, 5) is 22.5. The van der Waals surface area contributed by atoms with Gasteiger partial charge in [-0.3, -0.25) is 0 Å². The summed E-state index contributed by atoms with van der Waals surface area (Å²) in [6.45, 7) is 2.43. The van der Waals surface area contributed by atoms with Crippen LogP contribution in [-0.2, 0) is 17.3 Å². The molecule has 24 rings (SSSR count). The van der Waals surface area contributed by atoms with E-state index in [0.29, 0.717) is 11.6 Å². The van der Waals surface area contributed by atoms with Crippen LogP contribution in [0.15, 0.2) is 431 Å². The molecule has 0 N–H and O–H groups in total. The average Bonchev–Trinajstić information content (AvgIpc) is 1.52. The second-order valence-electron chi connectivity index (χ2n) is 32.8. The van der Waals surface area contributed by atoms with Crippen LogP contribution in [-0.4, -0.2) is 29.1 Å². The van der Waals surface area contributed by atoms with Gasteiger partial charge in [0.1, 0.15) is 0 Å². The van der Waals surface area contributed by atoms with Gasteiger partial charge in [-0.05, 0) is 178 Å². The van der Waals surface area contributed by atoms with E-state index in [0.717, 1.165) is 123 Å². The van der Waals surface area contributed by atoms with Crippen molar-refractivity contribution in [3.8, 4) is 124 Å². The first-order valence-electron chi connectivity index (χ1n) is 42.1. The number of nitrogens with zero attached hydrogens (tertiary/aromatic N) is 6. The molecule has 4 aromatic heterocycles. The van der Waals surface area contributed by atoms with Gasteiger partial charge in [0.15, 0.2) is 11.6 Å². The lowest BCUT2D eigenvalue weighted by molar-refractivity contribution is 0.583. The number of hydrogen-bond acceptors (Lipinski definition) is 4. The molecule has 0 radical (unpaired) electrons. The van der Waals surface area contributed by atoms with Crippen molar-refractivity contribution in [2.24, 2.45) is 0 Å². The molecule has 4 heterocycles. The lowest BCUT2D eigenvalue weighted by atomic mass is 9.67. The maximum atomic E-state index is 5.78. The molecule has 122 heavy (non-hydrogen) atoms. The van der Waals surface area contributed by atoms with E-state index in [1.54, 1.807) is 0 Å². The summed E-state index contributed by atoms with van der Waals surface area (Å²) < 4.78 is 4.80. The Balaban J connectivity index is 0.612. The van der Waals surface area contributed by atoms with Crippen LogP contribution >= 0.6 is 0 Å². The molecule has 0 fully saturated rings. The lowest BCUT2D eigenvalue weighted by Gasteiger charge is -2.33. The van der Waals surface area contributed by atoms with Crippen LogP contribution in [0.3, 0.4) is 0 Å². The summed E-state index contributed by atoms with van der Waals surface area (Å²) in [6, 6.07) is 158. The Morgan fingerprint density at radius 2 is 0.598 bits per heavy atom. The van der Waals surface area contributed by atoms with Gasteiger partial charge in [-0.1, -0.05) is 371 Å². The maximum absolute atomic E-state index is 5.78. The van der Waals surface area contributed by atoms with Crippen molar-refractivity contribution >= 4 is 65.2 Å². The molecule has 0 saturated heterocycles. The van der Waals surface area contributed by atoms with E-state index in [-0.39, 0.29) is 5.41 Å². The Bertz CT molecular complexity index is 7930. The van der Waals surface area contributed by atoms with E-state index in [9.17, 15) is 0 Å². The highest BCUT2D eigenvalue weighted by molar-refractivity contribution is 6.14. The smallest absolute Gasteiger partial charge is 0.160 e. The third-order valence-corrected chi connectivity index (χ3v) is 26.1. The lowest BCUT2D eigenvalue weighted by Crippen LogP contribution is -2.28. The number of rotatable bonds is 14. The Kier molecular flexibility index (Phi) is 16.3. The van der Waals surface area contributed by atoms with Crippen LogP contribution in [0.25, 0.3) is 189 Å². The van der Waals surface area contributed by atoms with Crippen molar-refractivity contribution in [1.29, 1.82) is 0 Å². The molecule has 0 bridgehead atoms. The molecular weight excluding hydrogens is 1480 g/mol. The number of fused-ring (bicyclic) bond motifs is 14. The normalized spacial score (nSPS) is 13.7. The minimum Gasteiger partial charge on any atom is -0.309 e. The zero-order valence-corrected chi connectivity index (χ0v) is 66.9. The average molecular weight is 1550 g/mol. The summed E-state index contributed by atoms with van der Waals surface area (Å²) in [5, 5.41) is 9.44. The van der Waals surface area contributed by atoms with Crippen LogP contribution in [0.2, 0.25) is 0 Å². The molecule has 1 unspecified atom stereocenters. The third kappa shape index (κ3) is 11.1. The molecule has 1 atom stereocenters. The highest BCUT2D eigenvalue weighted by Crippen LogP contribution is 2.59. The zero-order valence-electron chi connectivity index (χ0n) is 66.9. The Morgan fingerprint density at radius 3 is 1.15 bits per heavy atom. The third-order valence-electron chi connectivity index (χ3n) is 26.1. The van der Waals surface area contributed by atoms with Crippen molar-refractivity contribution in [2.45, 2.75) is 24.2 Å². The van der Waals surface area contributed by atoms with Gasteiger partial charge in [0, 0.05) is 71.7 Å². The van der Waals surface area contributed by atoms with E-state index in [4.69, 9.17) is 19.9 Å². The van der Waals surface area contributed by atoms with E-state index < -0.39 is 5.41 Å². The molecule has 0 saturated carbocycles. The fourth-order valence-corrected chi connectivity index (χ4v) is 20.7. The van der Waals surface area contributed by atoms with Gasteiger partial charge in [-0.15, -0.1) is 0 Å². The molecule has 2 aliphatic rings. The fraction of sp³-hybridized carbons (Fsp3) is 0.0345. The van der Waals surface area contributed by atoms with E-state index in [1.807, 2.05) is 0 Å². The molecule has 6 heteroatoms. The van der Waals surface area contributed by atoms with Crippen molar-refractivity contribution in [3.63, 3.8) is 0 Å². The number of aromatic nitrogens is 6. The van der Waals surface area contributed by atoms with Crippen molar-refractivity contribution in [1.82, 2.24) is 29.1 Å². The van der Waals surface area contributed by atoms with Crippen molar-refractivity contribution in [2.75, 3.05) is 0 Å². The van der Waals surface area contributed by atoms with Gasteiger partial charge in [-0.2, -0.15) is 0 Å². The molecule has 22 aromatic rings. The van der Waals surface area contributed by atoms with Crippen LogP contribution in [0.1, 0.15) is 45.9 Å². The number of benzene rings is 18. The van der Waals surface area contributed by atoms with Gasteiger partial charge in [-0.25, -0.2) is 19.9 Å². The monoisotopic (exact) mass is 1550 g/mol. The minimum atomic E-state index is -0.603. The highest BCUT2D eigenvalue weighted by atomic mass is 15.0. The topological polar surface area (TPSA) is 61.4 Å². The Labute approximate surface area is 707 Å². The molecule has 570 valence electrons. The SMILES string of the molecule is CC1(Cc2ccc(-c3nc(-c4cccc5c4-c4ccccc4C5(c4ccccc4)c4ccccc4)cc(-c4ccc(-c5ccc6c7ccccc7n(-c7ccccc7)c6c5)c5ccccc45)n3)cc2)c2ccccc2-c2cc(-c3cc(-c4ccc(-c5ccc6c7ccccc7n(-c7ccccc7)c6c5)c5ccccc45)nc(-c4ccccc4)n3)ccc21. The summed E-state index contributed by atoms with van der Waals surface area (Å²) in [5.41, 5.74) is 33.5. The predicted molar refractivity (Wildman–Crippen MR) is 504 cm³/mol. The van der Waals surface area contributed by atoms with Crippen LogP contribution < -0.4 is 0 Å². The summed E-state index contributed by atoms with van der Waals surface area (Å²) in [6.07, 6.45) is 0.756. The molecule has 0 amide bonds. The second kappa shape index (κ2) is 28.2. The molecule has 2 aliphatic carbocycles. The number of hydrogen-bond donors (Lipinski definition) is 0. The summed E-state index contributed by atoms with van der Waals surface area (Å²) >= 11 is 0. The Hall–Kier alpha value is -15.8. The van der Waals surface area contributed by atoms with Crippen LogP contribution in [0, 0.1) is 0 Å². The second-order valence-corrected chi connectivity index (χ2v) is 32.8. The first-order chi connectivity index (χ1) is 60.4. The van der Waals surface area contributed by atoms with Gasteiger partial charge in [0.2, 0.25) is 0 Å². The first-order valence-corrected chi connectivity index (χ1v) is 42.1. The van der Waals surface area contributed by atoms with Crippen molar-refractivity contribution in [3.05, 3.63) is 470 Å². The molecular formula is C116H76N6. The summed E-state index contributed by atoms with van der Waals surface area (Å²) in [7, 11) is 0. The van der Waals surface area contributed by atoms with Crippen LogP contribution in [0.5, 0.6) is 0 Å². The quantitative estimate of drug-likeness (QED) is 0.109. The van der Waals surface area contributed by atoms with E-state index in [2.05, 4.69) is 447 Å². The van der Waals surface area contributed by atoms with Gasteiger partial charge in [0.05, 0.1) is 50.3 Å². The fourth-order valence-electron chi connectivity index (χ4n) is 20.7. The summed E-state index contributed by atoms with van der Waals surface area (Å²) in [5.74, 6) is 1.33. The predicted octanol–water partition coefficient (Wildman–Crippen LogP) is 29.0. The first kappa shape index (κ1) is 70.4. The number of para-hydroxylation sites is 4.